The molecule has 1 aromatic carbocycles. The summed E-state index contributed by atoms with van der Waals surface area (Å²) in [5.74, 6) is 0.986. The zero-order valence-electron chi connectivity index (χ0n) is 18.9. The van der Waals surface area contributed by atoms with Crippen LogP contribution in [0.1, 0.15) is 38.6 Å². The van der Waals surface area contributed by atoms with E-state index in [1.165, 1.54) is 0 Å². The van der Waals surface area contributed by atoms with Gasteiger partial charge in [-0.1, -0.05) is 44.5 Å². The van der Waals surface area contributed by atoms with Gasteiger partial charge in [-0.3, -0.25) is 4.90 Å². The highest BCUT2D eigenvalue weighted by molar-refractivity contribution is 6.30. The molecule has 0 atom stereocenters. The molecular weight excluding hydrogens is 410 g/mol. The number of morpholine rings is 1. The minimum atomic E-state index is -0.0680. The first-order chi connectivity index (χ1) is 14.8. The number of hydrogen-bond acceptors (Lipinski definition) is 5. The first-order valence-corrected chi connectivity index (χ1v) is 11.4. The lowest BCUT2D eigenvalue weighted by Gasteiger charge is -2.26. The molecule has 0 spiro atoms. The SMILES string of the molecule is Cc1nn2c(NCCCN3CCOCC3)cc(C(C)(C)C)nc2c1-c1ccc(Cl)cc1. The number of anilines is 1. The van der Waals surface area contributed by atoms with Crippen LogP contribution < -0.4 is 5.32 Å². The van der Waals surface area contributed by atoms with Gasteiger partial charge < -0.3 is 10.1 Å². The number of halogens is 1. The number of ether oxygens (including phenoxy) is 1. The lowest BCUT2D eigenvalue weighted by Crippen LogP contribution is -2.37. The second-order valence-electron chi connectivity index (χ2n) is 9.21. The predicted octanol–water partition coefficient (Wildman–Crippen LogP) is 4.79. The van der Waals surface area contributed by atoms with Crippen LogP contribution in [0.15, 0.2) is 30.3 Å². The summed E-state index contributed by atoms with van der Waals surface area (Å²) in [6.45, 7) is 14.3. The third-order valence-corrected chi connectivity index (χ3v) is 5.98. The van der Waals surface area contributed by atoms with Crippen molar-refractivity contribution in [3.63, 3.8) is 0 Å². The molecule has 0 bridgehead atoms. The van der Waals surface area contributed by atoms with Crippen molar-refractivity contribution in [1.29, 1.82) is 0 Å². The number of nitrogens with one attached hydrogen (secondary N) is 1. The molecule has 3 aromatic rings. The fourth-order valence-electron chi connectivity index (χ4n) is 3.93. The molecule has 1 N–H and O–H groups in total. The molecule has 1 aliphatic heterocycles. The van der Waals surface area contributed by atoms with Crippen molar-refractivity contribution in [3.8, 4) is 11.1 Å². The third kappa shape index (κ3) is 5.03. The van der Waals surface area contributed by atoms with Crippen LogP contribution in [-0.2, 0) is 10.2 Å². The van der Waals surface area contributed by atoms with Crippen LogP contribution in [0.2, 0.25) is 5.02 Å². The summed E-state index contributed by atoms with van der Waals surface area (Å²) < 4.78 is 7.39. The molecule has 7 heteroatoms. The maximum Gasteiger partial charge on any atom is 0.165 e. The van der Waals surface area contributed by atoms with Crippen molar-refractivity contribution in [3.05, 3.63) is 46.7 Å². The fraction of sp³-hybridized carbons (Fsp3) is 0.500. The van der Waals surface area contributed by atoms with E-state index in [0.717, 1.165) is 84.8 Å². The van der Waals surface area contributed by atoms with E-state index in [1.54, 1.807) is 0 Å². The Kier molecular flexibility index (Phi) is 6.51. The van der Waals surface area contributed by atoms with Gasteiger partial charge >= 0.3 is 0 Å². The summed E-state index contributed by atoms with van der Waals surface area (Å²) >= 11 is 6.11. The van der Waals surface area contributed by atoms with Crippen molar-refractivity contribution in [2.24, 2.45) is 0 Å². The van der Waals surface area contributed by atoms with Crippen LogP contribution in [0.4, 0.5) is 5.82 Å². The van der Waals surface area contributed by atoms with Crippen LogP contribution in [0.25, 0.3) is 16.8 Å². The molecule has 31 heavy (non-hydrogen) atoms. The van der Waals surface area contributed by atoms with Crippen LogP contribution in [0.3, 0.4) is 0 Å². The number of nitrogens with zero attached hydrogens (tertiary/aromatic N) is 4. The molecule has 0 unspecified atom stereocenters. The van der Waals surface area contributed by atoms with Gasteiger partial charge in [-0.25, -0.2) is 4.98 Å². The Labute approximate surface area is 189 Å². The number of aryl methyl sites for hydroxylation is 1. The monoisotopic (exact) mass is 441 g/mol. The Hall–Kier alpha value is -2.15. The summed E-state index contributed by atoms with van der Waals surface area (Å²) in [6, 6.07) is 10.0. The quantitative estimate of drug-likeness (QED) is 0.557. The Morgan fingerprint density at radius 2 is 1.84 bits per heavy atom. The number of benzene rings is 1. The average Bonchev–Trinajstić information content (AvgIpc) is 3.08. The van der Waals surface area contributed by atoms with E-state index in [0.29, 0.717) is 0 Å². The molecule has 0 saturated carbocycles. The zero-order valence-corrected chi connectivity index (χ0v) is 19.7. The third-order valence-electron chi connectivity index (χ3n) is 5.73. The van der Waals surface area contributed by atoms with Crippen LogP contribution in [-0.4, -0.2) is 58.9 Å². The summed E-state index contributed by atoms with van der Waals surface area (Å²) in [5, 5.41) is 9.18. The second-order valence-corrected chi connectivity index (χ2v) is 9.65. The highest BCUT2D eigenvalue weighted by Crippen LogP contribution is 2.32. The van der Waals surface area contributed by atoms with Crippen LogP contribution >= 0.6 is 11.6 Å². The number of fused-ring (bicyclic) bond motifs is 1. The highest BCUT2D eigenvalue weighted by Gasteiger charge is 2.22. The summed E-state index contributed by atoms with van der Waals surface area (Å²) in [5.41, 5.74) is 4.94. The largest absolute Gasteiger partial charge is 0.379 e. The molecule has 2 aromatic heterocycles. The molecule has 1 aliphatic rings. The molecular formula is C24H32ClN5O. The molecule has 1 saturated heterocycles. The van der Waals surface area contributed by atoms with Gasteiger partial charge in [-0.2, -0.15) is 9.61 Å². The first-order valence-electron chi connectivity index (χ1n) is 11.0. The normalized spacial score (nSPS) is 15.5. The molecule has 1 fully saturated rings. The van der Waals surface area contributed by atoms with Gasteiger partial charge in [0.25, 0.3) is 0 Å². The van der Waals surface area contributed by atoms with E-state index in [2.05, 4.69) is 37.1 Å². The molecule has 0 aliphatic carbocycles. The summed E-state index contributed by atoms with van der Waals surface area (Å²) in [6.07, 6.45) is 1.07. The molecule has 6 nitrogen and oxygen atoms in total. The van der Waals surface area contributed by atoms with Crippen LogP contribution in [0, 0.1) is 6.92 Å². The van der Waals surface area contributed by atoms with Crippen molar-refractivity contribution >= 4 is 23.1 Å². The number of hydrogen-bond donors (Lipinski definition) is 1. The topological polar surface area (TPSA) is 54.7 Å². The Morgan fingerprint density at radius 3 is 2.52 bits per heavy atom. The van der Waals surface area contributed by atoms with Gasteiger partial charge in [0.2, 0.25) is 0 Å². The second kappa shape index (κ2) is 9.15. The van der Waals surface area contributed by atoms with E-state index < -0.39 is 0 Å². The van der Waals surface area contributed by atoms with Gasteiger partial charge in [0.15, 0.2) is 5.65 Å². The minimum Gasteiger partial charge on any atom is -0.379 e. The summed E-state index contributed by atoms with van der Waals surface area (Å²) in [4.78, 5) is 7.50. The average molecular weight is 442 g/mol. The van der Waals surface area contributed by atoms with E-state index in [1.807, 2.05) is 35.7 Å². The predicted molar refractivity (Wildman–Crippen MR) is 127 cm³/mol. The molecule has 0 amide bonds. The highest BCUT2D eigenvalue weighted by atomic mass is 35.5. The molecule has 0 radical (unpaired) electrons. The van der Waals surface area contributed by atoms with Gasteiger partial charge in [-0.15, -0.1) is 0 Å². The molecule has 166 valence electrons. The lowest BCUT2D eigenvalue weighted by molar-refractivity contribution is 0.0378. The van der Waals surface area contributed by atoms with Crippen molar-refractivity contribution < 1.29 is 4.74 Å². The Balaban J connectivity index is 1.64. The van der Waals surface area contributed by atoms with Gasteiger partial charge in [0.1, 0.15) is 5.82 Å². The van der Waals surface area contributed by atoms with E-state index in [9.17, 15) is 0 Å². The summed E-state index contributed by atoms with van der Waals surface area (Å²) in [7, 11) is 0. The zero-order chi connectivity index (χ0) is 22.0. The van der Waals surface area contributed by atoms with E-state index in [4.69, 9.17) is 26.4 Å². The van der Waals surface area contributed by atoms with Gasteiger partial charge in [-0.05, 0) is 37.6 Å². The number of rotatable bonds is 6. The molecule has 3 heterocycles. The lowest BCUT2D eigenvalue weighted by atomic mass is 9.92. The van der Waals surface area contributed by atoms with Crippen LogP contribution in [0.5, 0.6) is 0 Å². The Morgan fingerprint density at radius 1 is 1.13 bits per heavy atom. The Bertz CT molecular complexity index is 1030. The van der Waals surface area contributed by atoms with Crippen molar-refractivity contribution in [1.82, 2.24) is 19.5 Å². The standard InChI is InChI=1S/C24H32ClN5O/c1-17-22(18-6-8-19(25)9-7-18)23-27-20(24(2,3)4)16-21(30(23)28-17)26-10-5-11-29-12-14-31-15-13-29/h6-9,16,26H,5,10-15H2,1-4H3. The van der Waals surface area contributed by atoms with Gasteiger partial charge in [0, 0.05) is 41.7 Å². The maximum atomic E-state index is 6.11. The minimum absolute atomic E-state index is 0.0680. The first kappa shape index (κ1) is 22.1. The van der Waals surface area contributed by atoms with Gasteiger partial charge in [0.05, 0.1) is 24.6 Å². The number of aromatic nitrogens is 3. The van der Waals surface area contributed by atoms with E-state index >= 15 is 0 Å². The smallest absolute Gasteiger partial charge is 0.165 e. The van der Waals surface area contributed by atoms with Crippen molar-refractivity contribution in [2.45, 2.75) is 39.5 Å². The molecule has 4 rings (SSSR count). The van der Waals surface area contributed by atoms with Crippen molar-refractivity contribution in [2.75, 3.05) is 44.7 Å². The fourth-order valence-corrected chi connectivity index (χ4v) is 4.06. The van der Waals surface area contributed by atoms with E-state index in [-0.39, 0.29) is 5.41 Å². The maximum absolute atomic E-state index is 6.11.